The molecule has 2 aromatic rings. The monoisotopic (exact) mass is 283 g/mol. The summed E-state index contributed by atoms with van der Waals surface area (Å²) in [6.45, 7) is 5.03. The first-order valence-corrected chi connectivity index (χ1v) is 7.32. The molecule has 0 aliphatic carbocycles. The number of para-hydroxylation sites is 1. The molecule has 4 heteroatoms. The highest BCUT2D eigenvalue weighted by molar-refractivity contribution is 6.04. The van der Waals surface area contributed by atoms with Crippen molar-refractivity contribution in [1.29, 1.82) is 0 Å². The summed E-state index contributed by atoms with van der Waals surface area (Å²) in [4.78, 5) is 16.4. The number of hydrogen-bond acceptors (Lipinski definition) is 3. The van der Waals surface area contributed by atoms with Crippen molar-refractivity contribution in [3.63, 3.8) is 0 Å². The molecular formula is C17H21N3O. The lowest BCUT2D eigenvalue weighted by atomic mass is 10.1. The Morgan fingerprint density at radius 2 is 2.00 bits per heavy atom. The summed E-state index contributed by atoms with van der Waals surface area (Å²) in [7, 11) is 0. The van der Waals surface area contributed by atoms with Gasteiger partial charge < -0.3 is 10.6 Å². The van der Waals surface area contributed by atoms with E-state index in [2.05, 4.69) is 29.5 Å². The van der Waals surface area contributed by atoms with Crippen molar-refractivity contribution in [2.24, 2.45) is 0 Å². The normalized spacial score (nSPS) is 10.2. The zero-order valence-electron chi connectivity index (χ0n) is 12.5. The maximum absolute atomic E-state index is 12.3. The fraction of sp³-hybridized carbons (Fsp3) is 0.294. The lowest BCUT2D eigenvalue weighted by Crippen LogP contribution is -2.14. The van der Waals surface area contributed by atoms with Crippen molar-refractivity contribution in [3.05, 3.63) is 53.9 Å². The average Bonchev–Trinajstić information content (AvgIpc) is 2.53. The minimum absolute atomic E-state index is 0.136. The SMILES string of the molecule is CCCNc1cncc(C(=O)Nc2ccccc2CC)c1. The Labute approximate surface area is 125 Å². The molecule has 0 saturated heterocycles. The summed E-state index contributed by atoms with van der Waals surface area (Å²) in [5, 5.41) is 6.19. The van der Waals surface area contributed by atoms with Crippen LogP contribution in [0.15, 0.2) is 42.7 Å². The van der Waals surface area contributed by atoms with Gasteiger partial charge in [0, 0.05) is 24.6 Å². The number of hydrogen-bond donors (Lipinski definition) is 2. The molecule has 2 rings (SSSR count). The second-order valence-electron chi connectivity index (χ2n) is 4.85. The Hall–Kier alpha value is -2.36. The first-order valence-electron chi connectivity index (χ1n) is 7.32. The molecule has 1 heterocycles. The van der Waals surface area contributed by atoms with Gasteiger partial charge in [0.25, 0.3) is 5.91 Å². The van der Waals surface area contributed by atoms with Crippen LogP contribution in [0, 0.1) is 0 Å². The van der Waals surface area contributed by atoms with E-state index in [0.29, 0.717) is 5.56 Å². The molecule has 0 atom stereocenters. The van der Waals surface area contributed by atoms with E-state index >= 15 is 0 Å². The Kier molecular flexibility index (Phi) is 5.32. The van der Waals surface area contributed by atoms with Gasteiger partial charge in [-0.1, -0.05) is 32.0 Å². The first kappa shape index (κ1) is 15.0. The lowest BCUT2D eigenvalue weighted by Gasteiger charge is -2.10. The van der Waals surface area contributed by atoms with Crippen LogP contribution in [0.2, 0.25) is 0 Å². The molecule has 1 aromatic heterocycles. The minimum atomic E-state index is -0.136. The summed E-state index contributed by atoms with van der Waals surface area (Å²) in [5.41, 5.74) is 3.41. The van der Waals surface area contributed by atoms with Gasteiger partial charge >= 0.3 is 0 Å². The second kappa shape index (κ2) is 7.43. The van der Waals surface area contributed by atoms with E-state index in [1.807, 2.05) is 30.3 Å². The maximum atomic E-state index is 12.3. The van der Waals surface area contributed by atoms with Gasteiger partial charge in [-0.05, 0) is 30.5 Å². The number of benzene rings is 1. The van der Waals surface area contributed by atoms with Crippen LogP contribution in [0.5, 0.6) is 0 Å². The third kappa shape index (κ3) is 4.05. The van der Waals surface area contributed by atoms with Crippen LogP contribution in [0.25, 0.3) is 0 Å². The third-order valence-corrected chi connectivity index (χ3v) is 3.23. The molecule has 0 bridgehead atoms. The minimum Gasteiger partial charge on any atom is -0.384 e. The van der Waals surface area contributed by atoms with Crippen LogP contribution in [-0.2, 0) is 6.42 Å². The number of carbonyl (C=O) groups is 1. The Bertz CT molecular complexity index is 610. The summed E-state index contributed by atoms with van der Waals surface area (Å²) in [5.74, 6) is -0.136. The molecule has 4 nitrogen and oxygen atoms in total. The summed E-state index contributed by atoms with van der Waals surface area (Å²) < 4.78 is 0. The highest BCUT2D eigenvalue weighted by Gasteiger charge is 2.09. The van der Waals surface area contributed by atoms with E-state index in [1.165, 1.54) is 0 Å². The number of nitrogens with zero attached hydrogens (tertiary/aromatic N) is 1. The van der Waals surface area contributed by atoms with E-state index in [1.54, 1.807) is 12.4 Å². The molecule has 0 aliphatic heterocycles. The largest absolute Gasteiger partial charge is 0.384 e. The molecule has 0 radical (unpaired) electrons. The topological polar surface area (TPSA) is 54.0 Å². The van der Waals surface area contributed by atoms with Crippen molar-refractivity contribution in [2.75, 3.05) is 17.2 Å². The van der Waals surface area contributed by atoms with Gasteiger partial charge in [-0.25, -0.2) is 0 Å². The number of amides is 1. The highest BCUT2D eigenvalue weighted by Crippen LogP contribution is 2.17. The number of nitrogens with one attached hydrogen (secondary N) is 2. The van der Waals surface area contributed by atoms with Gasteiger partial charge in [-0.15, -0.1) is 0 Å². The van der Waals surface area contributed by atoms with E-state index in [4.69, 9.17) is 0 Å². The molecule has 0 saturated carbocycles. The van der Waals surface area contributed by atoms with Crippen LogP contribution in [0.1, 0.15) is 36.2 Å². The Morgan fingerprint density at radius 1 is 1.19 bits per heavy atom. The predicted molar refractivity (Wildman–Crippen MR) is 86.8 cm³/mol. The zero-order valence-corrected chi connectivity index (χ0v) is 12.5. The average molecular weight is 283 g/mol. The van der Waals surface area contributed by atoms with Crippen LogP contribution in [0.4, 0.5) is 11.4 Å². The van der Waals surface area contributed by atoms with Gasteiger partial charge in [0.1, 0.15) is 0 Å². The van der Waals surface area contributed by atoms with Crippen molar-refractivity contribution >= 4 is 17.3 Å². The molecule has 0 fully saturated rings. The van der Waals surface area contributed by atoms with Gasteiger partial charge in [0.05, 0.1) is 11.3 Å². The van der Waals surface area contributed by atoms with Gasteiger partial charge in [0.15, 0.2) is 0 Å². The summed E-state index contributed by atoms with van der Waals surface area (Å²) >= 11 is 0. The molecule has 21 heavy (non-hydrogen) atoms. The molecule has 0 aliphatic rings. The standard InChI is InChI=1S/C17H21N3O/c1-3-9-19-15-10-14(11-18-12-15)17(21)20-16-8-6-5-7-13(16)4-2/h5-8,10-12,19H,3-4,9H2,1-2H3,(H,20,21). The summed E-state index contributed by atoms with van der Waals surface area (Å²) in [6.07, 6.45) is 5.22. The van der Waals surface area contributed by atoms with Gasteiger partial charge in [-0.3, -0.25) is 9.78 Å². The second-order valence-corrected chi connectivity index (χ2v) is 4.85. The fourth-order valence-corrected chi connectivity index (χ4v) is 2.08. The van der Waals surface area contributed by atoms with Crippen LogP contribution >= 0.6 is 0 Å². The first-order chi connectivity index (χ1) is 10.2. The molecule has 2 N–H and O–H groups in total. The molecule has 0 spiro atoms. The van der Waals surface area contributed by atoms with Crippen LogP contribution in [-0.4, -0.2) is 17.4 Å². The van der Waals surface area contributed by atoms with E-state index in [0.717, 1.165) is 36.3 Å². The molecule has 1 aromatic carbocycles. The van der Waals surface area contributed by atoms with Crippen LogP contribution < -0.4 is 10.6 Å². The third-order valence-electron chi connectivity index (χ3n) is 3.23. The van der Waals surface area contributed by atoms with Crippen molar-refractivity contribution in [3.8, 4) is 0 Å². The Morgan fingerprint density at radius 3 is 2.76 bits per heavy atom. The van der Waals surface area contributed by atoms with Crippen molar-refractivity contribution < 1.29 is 4.79 Å². The predicted octanol–water partition coefficient (Wildman–Crippen LogP) is 3.72. The van der Waals surface area contributed by atoms with E-state index in [-0.39, 0.29) is 5.91 Å². The maximum Gasteiger partial charge on any atom is 0.257 e. The van der Waals surface area contributed by atoms with Crippen molar-refractivity contribution in [1.82, 2.24) is 4.98 Å². The number of aryl methyl sites for hydroxylation is 1. The number of carbonyl (C=O) groups excluding carboxylic acids is 1. The lowest BCUT2D eigenvalue weighted by molar-refractivity contribution is 0.102. The molecule has 110 valence electrons. The van der Waals surface area contributed by atoms with Gasteiger partial charge in [0.2, 0.25) is 0 Å². The van der Waals surface area contributed by atoms with E-state index < -0.39 is 0 Å². The number of aromatic nitrogens is 1. The van der Waals surface area contributed by atoms with E-state index in [9.17, 15) is 4.79 Å². The number of anilines is 2. The smallest absolute Gasteiger partial charge is 0.257 e. The highest BCUT2D eigenvalue weighted by atomic mass is 16.1. The number of rotatable bonds is 6. The molecule has 1 amide bonds. The van der Waals surface area contributed by atoms with Gasteiger partial charge in [-0.2, -0.15) is 0 Å². The molecular weight excluding hydrogens is 262 g/mol. The fourth-order valence-electron chi connectivity index (χ4n) is 2.08. The van der Waals surface area contributed by atoms with Crippen molar-refractivity contribution in [2.45, 2.75) is 26.7 Å². The number of pyridine rings is 1. The quantitative estimate of drug-likeness (QED) is 0.849. The molecule has 0 unspecified atom stereocenters. The zero-order chi connectivity index (χ0) is 15.1. The summed E-state index contributed by atoms with van der Waals surface area (Å²) in [6, 6.07) is 9.67. The Balaban J connectivity index is 2.13. The van der Waals surface area contributed by atoms with Crippen LogP contribution in [0.3, 0.4) is 0 Å².